The summed E-state index contributed by atoms with van der Waals surface area (Å²) in [5, 5.41) is 0. The van der Waals surface area contributed by atoms with Gasteiger partial charge in [-0.05, 0) is 22.3 Å². The fourth-order valence-electron chi connectivity index (χ4n) is 1.33. The molecule has 14 heavy (non-hydrogen) atoms. The lowest BCUT2D eigenvalue weighted by Crippen LogP contribution is -1.96. The molecule has 0 spiro atoms. The summed E-state index contributed by atoms with van der Waals surface area (Å²) in [6.07, 6.45) is 0. The third-order valence-corrected chi connectivity index (χ3v) is 3.41. The summed E-state index contributed by atoms with van der Waals surface area (Å²) in [6, 6.07) is 4.15. The molecule has 0 fully saturated rings. The molecule has 0 heterocycles. The van der Waals surface area contributed by atoms with E-state index in [2.05, 4.69) is 37.4 Å². The summed E-state index contributed by atoms with van der Waals surface area (Å²) in [5.41, 5.74) is 4.56. The lowest BCUT2D eigenvalue weighted by atomic mass is 10.0. The molecule has 78 valence electrons. The Bertz CT molecular complexity index is 255. The van der Waals surface area contributed by atoms with Gasteiger partial charge in [0.25, 0.3) is 0 Å². The Balaban J connectivity index is 3.20. The van der Waals surface area contributed by atoms with Gasteiger partial charge in [-0.1, -0.05) is 12.1 Å². The van der Waals surface area contributed by atoms with Crippen LogP contribution in [0.1, 0.15) is 22.3 Å². The molecule has 1 rings (SSSR count). The van der Waals surface area contributed by atoms with E-state index >= 15 is 0 Å². The average Bonchev–Trinajstić information content (AvgIpc) is 2.26. The Hall–Kier alpha value is 0.500. The maximum atomic E-state index is 5.84. The first-order valence-corrected chi connectivity index (χ1v) is 6.57. The molecule has 0 aliphatic rings. The van der Waals surface area contributed by atoms with Crippen LogP contribution in [0.3, 0.4) is 0 Å². The maximum Gasteiger partial charge on any atom is 0.0477 e. The normalized spacial score (nSPS) is 10.6. The first-order chi connectivity index (χ1) is 6.76. The SMILES string of the molecule is SCc1cc(CCl)c(CS)cc1CCl. The van der Waals surface area contributed by atoms with Gasteiger partial charge < -0.3 is 0 Å². The van der Waals surface area contributed by atoms with Crippen LogP contribution in [0, 0.1) is 0 Å². The van der Waals surface area contributed by atoms with Crippen molar-refractivity contribution in [2.45, 2.75) is 23.3 Å². The van der Waals surface area contributed by atoms with Gasteiger partial charge in [0.2, 0.25) is 0 Å². The van der Waals surface area contributed by atoms with E-state index in [1.807, 2.05) is 0 Å². The molecule has 1 aromatic rings. The third-order valence-electron chi connectivity index (χ3n) is 2.15. The minimum atomic E-state index is 0.513. The highest BCUT2D eigenvalue weighted by molar-refractivity contribution is 7.79. The van der Waals surface area contributed by atoms with E-state index in [-0.39, 0.29) is 0 Å². The Morgan fingerprint density at radius 1 is 0.786 bits per heavy atom. The van der Waals surface area contributed by atoms with Crippen LogP contribution in [0.15, 0.2) is 12.1 Å². The van der Waals surface area contributed by atoms with Crippen molar-refractivity contribution in [3.63, 3.8) is 0 Å². The molecule has 1 aromatic carbocycles. The molecule has 0 N–H and O–H groups in total. The van der Waals surface area contributed by atoms with Crippen LogP contribution in [0.2, 0.25) is 0 Å². The molecule has 0 aromatic heterocycles. The van der Waals surface area contributed by atoms with Crippen molar-refractivity contribution >= 4 is 48.5 Å². The van der Waals surface area contributed by atoms with E-state index in [9.17, 15) is 0 Å². The number of rotatable bonds is 4. The second-order valence-electron chi connectivity index (χ2n) is 2.97. The topological polar surface area (TPSA) is 0 Å². The summed E-state index contributed by atoms with van der Waals surface area (Å²) in [7, 11) is 0. The van der Waals surface area contributed by atoms with Gasteiger partial charge in [0.05, 0.1) is 0 Å². The van der Waals surface area contributed by atoms with Crippen molar-refractivity contribution in [2.75, 3.05) is 0 Å². The summed E-state index contributed by atoms with van der Waals surface area (Å²) in [6.45, 7) is 0. The van der Waals surface area contributed by atoms with E-state index in [0.29, 0.717) is 23.3 Å². The summed E-state index contributed by atoms with van der Waals surface area (Å²) >= 11 is 20.2. The highest BCUT2D eigenvalue weighted by Gasteiger charge is 2.06. The van der Waals surface area contributed by atoms with Crippen LogP contribution in [0.4, 0.5) is 0 Å². The fourth-order valence-corrected chi connectivity index (χ4v) is 2.42. The number of alkyl halides is 2. The van der Waals surface area contributed by atoms with E-state index < -0.39 is 0 Å². The first-order valence-electron chi connectivity index (χ1n) is 4.24. The quantitative estimate of drug-likeness (QED) is 0.597. The number of thiol groups is 2. The summed E-state index contributed by atoms with van der Waals surface area (Å²) in [5.74, 6) is 2.41. The minimum Gasteiger partial charge on any atom is -0.175 e. The highest BCUT2D eigenvalue weighted by atomic mass is 35.5. The summed E-state index contributed by atoms with van der Waals surface area (Å²) in [4.78, 5) is 0. The minimum absolute atomic E-state index is 0.513. The Labute approximate surface area is 106 Å². The number of hydrogen-bond acceptors (Lipinski definition) is 2. The lowest BCUT2D eigenvalue weighted by Gasteiger charge is -2.11. The third kappa shape index (κ3) is 2.75. The highest BCUT2D eigenvalue weighted by Crippen LogP contribution is 2.23. The second-order valence-corrected chi connectivity index (χ2v) is 4.14. The van der Waals surface area contributed by atoms with Gasteiger partial charge in [0.15, 0.2) is 0 Å². The zero-order chi connectivity index (χ0) is 10.6. The standard InChI is InChI=1S/C10H12Cl2S2/c11-3-7-1-9(5-13)8(4-12)2-10(7)6-14/h1-2,13-14H,3-6H2. The van der Waals surface area contributed by atoms with E-state index in [4.69, 9.17) is 23.2 Å². The van der Waals surface area contributed by atoms with Crippen molar-refractivity contribution in [1.82, 2.24) is 0 Å². The molecule has 0 nitrogen and oxygen atoms in total. The van der Waals surface area contributed by atoms with Gasteiger partial charge in [-0.3, -0.25) is 0 Å². The molecule has 0 atom stereocenters. The molecule has 0 saturated carbocycles. The van der Waals surface area contributed by atoms with Crippen LogP contribution >= 0.6 is 48.5 Å². The monoisotopic (exact) mass is 266 g/mol. The zero-order valence-corrected chi connectivity index (χ0v) is 10.9. The van der Waals surface area contributed by atoms with Crippen LogP contribution < -0.4 is 0 Å². The Morgan fingerprint density at radius 2 is 1.14 bits per heavy atom. The van der Waals surface area contributed by atoms with Crippen LogP contribution in [0.5, 0.6) is 0 Å². The number of halogens is 2. The van der Waals surface area contributed by atoms with Crippen molar-refractivity contribution in [2.24, 2.45) is 0 Å². The molecule has 0 radical (unpaired) electrons. The van der Waals surface area contributed by atoms with Crippen LogP contribution in [-0.4, -0.2) is 0 Å². The van der Waals surface area contributed by atoms with Crippen molar-refractivity contribution in [1.29, 1.82) is 0 Å². The van der Waals surface area contributed by atoms with Gasteiger partial charge in [-0.25, -0.2) is 0 Å². The lowest BCUT2D eigenvalue weighted by molar-refractivity contribution is 1.18. The van der Waals surface area contributed by atoms with Crippen LogP contribution in [-0.2, 0) is 23.3 Å². The van der Waals surface area contributed by atoms with Gasteiger partial charge in [-0.2, -0.15) is 25.3 Å². The van der Waals surface area contributed by atoms with Gasteiger partial charge in [0, 0.05) is 23.3 Å². The van der Waals surface area contributed by atoms with Gasteiger partial charge in [0.1, 0.15) is 0 Å². The van der Waals surface area contributed by atoms with Crippen molar-refractivity contribution < 1.29 is 0 Å². The molecule has 4 heteroatoms. The van der Waals surface area contributed by atoms with Gasteiger partial charge in [-0.15, -0.1) is 23.2 Å². The van der Waals surface area contributed by atoms with Crippen molar-refractivity contribution in [3.8, 4) is 0 Å². The number of hydrogen-bond donors (Lipinski definition) is 2. The van der Waals surface area contributed by atoms with E-state index in [1.165, 1.54) is 0 Å². The predicted octanol–water partition coefficient (Wildman–Crippen LogP) is 4.02. The average molecular weight is 267 g/mol. The largest absolute Gasteiger partial charge is 0.175 e. The maximum absolute atomic E-state index is 5.84. The molecule has 0 aliphatic heterocycles. The number of benzene rings is 1. The second kappa shape index (κ2) is 6.16. The molecule has 0 saturated heterocycles. The summed E-state index contributed by atoms with van der Waals surface area (Å²) < 4.78 is 0. The van der Waals surface area contributed by atoms with Crippen molar-refractivity contribution in [3.05, 3.63) is 34.4 Å². The Kier molecular flexibility index (Phi) is 5.53. The fraction of sp³-hybridized carbons (Fsp3) is 0.400. The molecular weight excluding hydrogens is 255 g/mol. The smallest absolute Gasteiger partial charge is 0.0477 e. The van der Waals surface area contributed by atoms with E-state index in [1.54, 1.807) is 0 Å². The molecule has 0 aliphatic carbocycles. The molecule has 0 amide bonds. The Morgan fingerprint density at radius 3 is 1.36 bits per heavy atom. The van der Waals surface area contributed by atoms with E-state index in [0.717, 1.165) is 22.3 Å². The molecule has 0 unspecified atom stereocenters. The van der Waals surface area contributed by atoms with Gasteiger partial charge >= 0.3 is 0 Å². The zero-order valence-electron chi connectivity index (χ0n) is 7.63. The predicted molar refractivity (Wildman–Crippen MR) is 70.9 cm³/mol. The van der Waals surface area contributed by atoms with Crippen LogP contribution in [0.25, 0.3) is 0 Å². The molecular formula is C10H12Cl2S2. The first kappa shape index (κ1) is 12.6. The molecule has 0 bridgehead atoms.